The summed E-state index contributed by atoms with van der Waals surface area (Å²) < 4.78 is 9.30. The van der Waals surface area contributed by atoms with Crippen molar-refractivity contribution in [3.8, 4) is 90.3 Å². The third-order valence-corrected chi connectivity index (χ3v) is 27.6. The van der Waals surface area contributed by atoms with Crippen LogP contribution in [0.4, 0.5) is 51.2 Å². The highest BCUT2D eigenvalue weighted by molar-refractivity contribution is 6.20. The molecule has 0 aliphatic heterocycles. The van der Waals surface area contributed by atoms with Gasteiger partial charge in [0.1, 0.15) is 5.82 Å². The first-order valence-corrected chi connectivity index (χ1v) is 49.3. The summed E-state index contributed by atoms with van der Waals surface area (Å²) in [6.45, 7) is 2.14. The van der Waals surface area contributed by atoms with E-state index in [9.17, 15) is 0 Å². The third kappa shape index (κ3) is 16.6. The quantitative estimate of drug-likeness (QED) is 0.0790. The van der Waals surface area contributed by atoms with Crippen LogP contribution in [-0.2, 0) is 0 Å². The molecule has 0 amide bonds. The van der Waals surface area contributed by atoms with Gasteiger partial charge < -0.3 is 28.4 Å². The average molecular weight is 1870 g/mol. The number of aryl methyl sites for hydroxylation is 1. The Bertz CT molecular complexity index is 9220. The van der Waals surface area contributed by atoms with E-state index in [1.807, 2.05) is 60.9 Å². The molecule has 0 atom stereocenters. The molecule has 12 nitrogen and oxygen atoms in total. The molecule has 690 valence electrons. The molecule has 0 fully saturated rings. The second-order valence-corrected chi connectivity index (χ2v) is 36.4. The molecule has 0 aliphatic rings. The van der Waals surface area contributed by atoms with Crippen LogP contribution in [0, 0.1) is 6.92 Å². The lowest BCUT2D eigenvalue weighted by molar-refractivity contribution is 1.08. The molecular weight excluding hydrogens is 1780 g/mol. The van der Waals surface area contributed by atoms with Crippen LogP contribution < -0.4 is 14.7 Å². The minimum atomic E-state index is 0.847. The summed E-state index contributed by atoms with van der Waals surface area (Å²) in [5.74, 6) is 0.891. The predicted octanol–water partition coefficient (Wildman–Crippen LogP) is 35.1. The minimum absolute atomic E-state index is 0.847. The Hall–Kier alpha value is -19.7. The van der Waals surface area contributed by atoms with Gasteiger partial charge in [-0.25, -0.2) is 4.98 Å². The first-order chi connectivity index (χ1) is 72.4. The van der Waals surface area contributed by atoms with Crippen molar-refractivity contribution in [3.63, 3.8) is 0 Å². The van der Waals surface area contributed by atoms with Crippen molar-refractivity contribution in [1.82, 2.24) is 43.2 Å². The highest BCUT2D eigenvalue weighted by Gasteiger charge is 2.28. The molecule has 0 saturated heterocycles. The molecule has 0 radical (unpaired) electrons. The maximum absolute atomic E-state index is 5.21. The number of rotatable bonds is 19. The van der Waals surface area contributed by atoms with E-state index < -0.39 is 0 Å². The molecule has 27 aromatic rings. The molecule has 0 bridgehead atoms. The average Bonchev–Trinajstić information content (AvgIpc) is 1.59. The van der Waals surface area contributed by atoms with Crippen molar-refractivity contribution >= 4 is 138 Å². The van der Waals surface area contributed by atoms with Gasteiger partial charge in [-0.15, -0.1) is 0 Å². The van der Waals surface area contributed by atoms with Crippen LogP contribution in [0.25, 0.3) is 178 Å². The number of aromatic nitrogens is 9. The summed E-state index contributed by atoms with van der Waals surface area (Å²) in [7, 11) is 0. The number of nitrogens with zero attached hydrogens (tertiary/aromatic N) is 12. The smallest absolute Gasteiger partial charge is 0.138 e. The van der Waals surface area contributed by atoms with E-state index in [0.29, 0.717) is 0 Å². The second kappa shape index (κ2) is 38.8. The van der Waals surface area contributed by atoms with Gasteiger partial charge in [-0.1, -0.05) is 321 Å². The largest absolute Gasteiger partial charge is 0.310 e. The van der Waals surface area contributed by atoms with E-state index in [4.69, 9.17) is 15.0 Å². The molecule has 12 heteroatoms. The standard InChI is InChI=1S/C48H34N4.C46H32N4.C40H28N4/c1-33-25-27-35(28-26-33)50(36-29-31-37(32-30-36)51-42-19-8-5-15-38(42)39-16-6-9-20-43(39)51)45-22-12-23-46-48(45)40-17-7-10-21-44(40)52(46)47-24-11-18-41(49-47)34-13-3-2-4-14-34;1-3-12-33(13-4-1)35-21-25-37(26-22-35)49(38-27-23-36(24-28-38)34-14-5-2-6-15-34)44-19-11-20-45-46(44)40-16-7-8-18-43(40)50(45)39-29-30-42(48-32-39)41-17-9-10-31-47-41;1-3-12-29(13-4-1)30-21-23-32(24-22-30)43(31-14-5-2-6-15-31)38-19-11-20-39-40(38)34-16-7-8-18-37(34)44(39)33-25-26-36(42-28-33)35-17-9-10-27-41-35/h2-32H,1H3;1-32H;1-28H. The Morgan fingerprint density at radius 3 is 0.808 bits per heavy atom. The predicted molar refractivity (Wildman–Crippen MR) is 607 cm³/mol. The van der Waals surface area contributed by atoms with Crippen molar-refractivity contribution < 1.29 is 0 Å². The zero-order valence-electron chi connectivity index (χ0n) is 79.9. The topological polar surface area (TPSA) is 93.9 Å². The number of anilines is 9. The fraction of sp³-hybridized carbons (Fsp3) is 0.00746. The zero-order valence-corrected chi connectivity index (χ0v) is 79.9. The summed E-state index contributed by atoms with van der Waals surface area (Å²) >= 11 is 0. The lowest BCUT2D eigenvalue weighted by atomic mass is 10.0. The number of hydrogen-bond donors (Lipinski definition) is 0. The molecule has 0 saturated carbocycles. The maximum atomic E-state index is 5.21. The molecule has 146 heavy (non-hydrogen) atoms. The SMILES string of the molecule is Cc1ccc(N(c2ccc(-n3c4ccccc4c4ccccc43)cc2)c2cccc3c2c2ccccc2n3-c2cccc(-c3ccccc3)n2)cc1.c1ccc(-c2ccc(N(c3ccc(-c4ccccc4)cc3)c3cccc4c3c3ccccc3n4-c3ccc(-c4ccccn4)nc3)cc2)cc1.c1ccc(-c2ccc(N(c3ccccc3)c3cccc4c3c3ccccc3n4-c3ccc(-c4ccccn4)nc3)cc2)cc1. The summed E-state index contributed by atoms with van der Waals surface area (Å²) in [6, 6.07) is 187. The van der Waals surface area contributed by atoms with E-state index in [0.717, 1.165) is 141 Å². The first kappa shape index (κ1) is 87.8. The lowest BCUT2D eigenvalue weighted by Gasteiger charge is -2.27. The number of pyridine rings is 5. The molecule has 18 aromatic carbocycles. The third-order valence-electron chi connectivity index (χ3n) is 27.6. The Kier molecular flexibility index (Phi) is 23.3. The Labute approximate surface area is 845 Å². The van der Waals surface area contributed by atoms with E-state index >= 15 is 0 Å². The van der Waals surface area contributed by atoms with Crippen LogP contribution in [0.3, 0.4) is 0 Å². The van der Waals surface area contributed by atoms with Crippen molar-refractivity contribution in [3.05, 3.63) is 558 Å². The van der Waals surface area contributed by atoms with Crippen LogP contribution >= 0.6 is 0 Å². The lowest BCUT2D eigenvalue weighted by Crippen LogP contribution is -2.10. The Morgan fingerprint density at radius 1 is 0.171 bits per heavy atom. The molecule has 0 aliphatic carbocycles. The van der Waals surface area contributed by atoms with Gasteiger partial charge in [0.25, 0.3) is 0 Å². The van der Waals surface area contributed by atoms with Gasteiger partial charge in [0.2, 0.25) is 0 Å². The van der Waals surface area contributed by atoms with Gasteiger partial charge in [-0.05, 0) is 253 Å². The van der Waals surface area contributed by atoms with Crippen molar-refractivity contribution in [2.45, 2.75) is 6.92 Å². The molecule has 27 rings (SSSR count). The Balaban J connectivity index is 0.000000115. The zero-order chi connectivity index (χ0) is 97.2. The molecule has 0 unspecified atom stereocenters. The van der Waals surface area contributed by atoms with Crippen LogP contribution in [-0.4, -0.2) is 43.2 Å². The maximum Gasteiger partial charge on any atom is 0.138 e. The van der Waals surface area contributed by atoms with Gasteiger partial charge in [-0.3, -0.25) is 24.5 Å². The fourth-order valence-corrected chi connectivity index (χ4v) is 20.9. The van der Waals surface area contributed by atoms with Crippen LogP contribution in [0.15, 0.2) is 553 Å². The summed E-state index contributed by atoms with van der Waals surface area (Å²) in [5.41, 5.74) is 36.0. The van der Waals surface area contributed by atoms with E-state index in [-0.39, 0.29) is 0 Å². The monoisotopic (exact) mass is 1870 g/mol. The van der Waals surface area contributed by atoms with Gasteiger partial charge >= 0.3 is 0 Å². The van der Waals surface area contributed by atoms with Gasteiger partial charge in [-0.2, -0.15) is 0 Å². The highest BCUT2D eigenvalue weighted by atomic mass is 15.2. The highest BCUT2D eigenvalue weighted by Crippen LogP contribution is 2.50. The summed E-state index contributed by atoms with van der Waals surface area (Å²) in [4.78, 5) is 31.0. The van der Waals surface area contributed by atoms with Gasteiger partial charge in [0.15, 0.2) is 0 Å². The number of benzene rings is 18. The summed E-state index contributed by atoms with van der Waals surface area (Å²) in [5, 5.41) is 9.61. The van der Waals surface area contributed by atoms with Gasteiger partial charge in [0, 0.05) is 101 Å². The fourth-order valence-electron chi connectivity index (χ4n) is 20.9. The van der Waals surface area contributed by atoms with E-state index in [1.165, 1.54) is 93.1 Å². The van der Waals surface area contributed by atoms with Crippen LogP contribution in [0.1, 0.15) is 5.56 Å². The van der Waals surface area contributed by atoms with Gasteiger partial charge in [0.05, 0.1) is 113 Å². The number of hydrogen-bond acceptors (Lipinski definition) is 8. The molecular formula is C134H94N12. The molecule has 9 aromatic heterocycles. The normalized spacial score (nSPS) is 11.3. The molecule has 9 heterocycles. The van der Waals surface area contributed by atoms with Crippen molar-refractivity contribution in [1.29, 1.82) is 0 Å². The number of fused-ring (bicyclic) bond motifs is 12. The van der Waals surface area contributed by atoms with E-state index in [1.54, 1.807) is 12.4 Å². The minimum Gasteiger partial charge on any atom is -0.310 e. The Morgan fingerprint density at radius 2 is 0.438 bits per heavy atom. The van der Waals surface area contributed by atoms with Crippen LogP contribution in [0.5, 0.6) is 0 Å². The van der Waals surface area contributed by atoms with Crippen LogP contribution in [0.2, 0.25) is 0 Å². The number of para-hydroxylation sites is 6. The van der Waals surface area contributed by atoms with Crippen molar-refractivity contribution in [2.24, 2.45) is 0 Å². The molecule has 0 N–H and O–H groups in total. The summed E-state index contributed by atoms with van der Waals surface area (Å²) in [6.07, 6.45) is 7.49. The second-order valence-electron chi connectivity index (χ2n) is 36.4. The van der Waals surface area contributed by atoms with E-state index in [2.05, 4.69) is 529 Å². The van der Waals surface area contributed by atoms with Crippen molar-refractivity contribution in [2.75, 3.05) is 14.7 Å². The molecule has 0 spiro atoms. The first-order valence-electron chi connectivity index (χ1n) is 49.3.